The summed E-state index contributed by atoms with van der Waals surface area (Å²) in [6.07, 6.45) is -0.982. The van der Waals surface area contributed by atoms with E-state index in [1.165, 1.54) is 0 Å². The average molecular weight is 366 g/mol. The molecule has 0 aliphatic carbocycles. The van der Waals surface area contributed by atoms with E-state index in [4.69, 9.17) is 0 Å². The largest absolute Gasteiger partial charge is 0.348 e. The van der Waals surface area contributed by atoms with E-state index < -0.39 is 6.43 Å². The lowest BCUT2D eigenvalue weighted by Crippen LogP contribution is -2.45. The Kier molecular flexibility index (Phi) is 5.36. The number of hydrogen-bond acceptors (Lipinski definition) is 4. The number of H-pyrrole nitrogens is 1. The fraction of sp³-hybridized carbons (Fsp3) is 0.588. The minimum Gasteiger partial charge on any atom is -0.348 e. The Bertz CT molecular complexity index is 776. The Morgan fingerprint density at radius 2 is 2.08 bits per heavy atom. The van der Waals surface area contributed by atoms with Crippen LogP contribution in [0.2, 0.25) is 0 Å². The van der Waals surface area contributed by atoms with Crippen molar-refractivity contribution < 1.29 is 13.6 Å². The number of carbonyl (C=O) groups is 1. The van der Waals surface area contributed by atoms with Gasteiger partial charge in [0, 0.05) is 37.4 Å². The first-order chi connectivity index (χ1) is 12.3. The zero-order chi connectivity index (χ0) is 18.8. The molecule has 7 nitrogen and oxygen atoms in total. The molecule has 0 bridgehead atoms. The predicted octanol–water partition coefficient (Wildman–Crippen LogP) is 1.89. The lowest BCUT2D eigenvalue weighted by atomic mass is 10.0. The van der Waals surface area contributed by atoms with Crippen LogP contribution in [0.15, 0.2) is 6.07 Å². The highest BCUT2D eigenvalue weighted by Crippen LogP contribution is 2.25. The highest BCUT2D eigenvalue weighted by atomic mass is 19.3. The van der Waals surface area contributed by atoms with Gasteiger partial charge in [0.1, 0.15) is 5.69 Å². The summed E-state index contributed by atoms with van der Waals surface area (Å²) in [7, 11) is 1.87. The number of aryl methyl sites for hydroxylation is 2. The number of nitrogens with zero attached hydrogens (tertiary/aromatic N) is 4. The van der Waals surface area contributed by atoms with Gasteiger partial charge in [-0.25, -0.2) is 8.78 Å². The minimum absolute atomic E-state index is 0.00923. The van der Waals surface area contributed by atoms with E-state index in [2.05, 4.69) is 20.6 Å². The van der Waals surface area contributed by atoms with E-state index >= 15 is 0 Å². The van der Waals surface area contributed by atoms with E-state index in [-0.39, 0.29) is 18.5 Å². The maximum atomic E-state index is 12.5. The normalized spacial score (nSPS) is 16.4. The Morgan fingerprint density at radius 1 is 1.38 bits per heavy atom. The zero-order valence-electron chi connectivity index (χ0n) is 15.2. The van der Waals surface area contributed by atoms with Crippen LogP contribution in [0.1, 0.15) is 34.7 Å². The molecule has 1 saturated heterocycles. The van der Waals surface area contributed by atoms with E-state index in [9.17, 15) is 13.6 Å². The van der Waals surface area contributed by atoms with Crippen LogP contribution in [-0.4, -0.2) is 62.9 Å². The zero-order valence-corrected chi connectivity index (χ0v) is 15.2. The van der Waals surface area contributed by atoms with Crippen LogP contribution in [0, 0.1) is 13.8 Å². The second-order valence-corrected chi connectivity index (χ2v) is 6.78. The van der Waals surface area contributed by atoms with Crippen molar-refractivity contribution in [3.63, 3.8) is 0 Å². The molecular weight excluding hydrogens is 342 g/mol. The number of rotatable bonds is 5. The maximum Gasteiger partial charge on any atom is 0.269 e. The highest BCUT2D eigenvalue weighted by molar-refractivity contribution is 5.93. The van der Waals surface area contributed by atoms with Crippen LogP contribution in [0.4, 0.5) is 8.78 Å². The van der Waals surface area contributed by atoms with E-state index in [1.807, 2.05) is 20.9 Å². The second-order valence-electron chi connectivity index (χ2n) is 6.78. The molecule has 0 radical (unpaired) electrons. The van der Waals surface area contributed by atoms with Crippen LogP contribution in [0.5, 0.6) is 0 Å². The van der Waals surface area contributed by atoms with Crippen molar-refractivity contribution in [3.8, 4) is 11.3 Å². The molecule has 3 rings (SSSR count). The molecule has 0 saturated carbocycles. The lowest BCUT2D eigenvalue weighted by Gasteiger charge is -2.31. The van der Waals surface area contributed by atoms with Gasteiger partial charge in [0.2, 0.25) is 0 Å². The first-order valence-electron chi connectivity index (χ1n) is 8.72. The van der Waals surface area contributed by atoms with Crippen molar-refractivity contribution in [1.82, 2.24) is 30.2 Å². The van der Waals surface area contributed by atoms with Gasteiger partial charge in [0.05, 0.1) is 17.9 Å². The molecule has 1 aliphatic heterocycles. The van der Waals surface area contributed by atoms with Gasteiger partial charge in [0.25, 0.3) is 12.3 Å². The van der Waals surface area contributed by atoms with Crippen molar-refractivity contribution in [2.75, 3.05) is 19.6 Å². The SMILES string of the molecule is Cc1nn(C)c(C)c1-c1cc(C(=O)NC2CCN(CC(F)F)CC2)[nH]n1. The van der Waals surface area contributed by atoms with E-state index in [1.54, 1.807) is 15.6 Å². The minimum atomic E-state index is -2.32. The van der Waals surface area contributed by atoms with Gasteiger partial charge in [-0.2, -0.15) is 10.2 Å². The molecule has 0 atom stereocenters. The summed E-state index contributed by atoms with van der Waals surface area (Å²) < 4.78 is 26.6. The number of halogens is 2. The third kappa shape index (κ3) is 3.92. The summed E-state index contributed by atoms with van der Waals surface area (Å²) in [4.78, 5) is 14.2. The average Bonchev–Trinajstić information content (AvgIpc) is 3.14. The number of likely N-dealkylation sites (tertiary alicyclic amines) is 1. The lowest BCUT2D eigenvalue weighted by molar-refractivity contribution is 0.0695. The molecule has 0 spiro atoms. The Morgan fingerprint density at radius 3 is 2.65 bits per heavy atom. The van der Waals surface area contributed by atoms with E-state index in [0.717, 1.165) is 17.0 Å². The third-order valence-electron chi connectivity index (χ3n) is 4.91. The van der Waals surface area contributed by atoms with Crippen molar-refractivity contribution in [2.24, 2.45) is 7.05 Å². The maximum absolute atomic E-state index is 12.5. The number of amides is 1. The van der Waals surface area contributed by atoms with Crippen molar-refractivity contribution in [1.29, 1.82) is 0 Å². The van der Waals surface area contributed by atoms with Gasteiger partial charge in [-0.15, -0.1) is 0 Å². The number of hydrogen-bond donors (Lipinski definition) is 2. The fourth-order valence-corrected chi connectivity index (χ4v) is 3.43. The summed E-state index contributed by atoms with van der Waals surface area (Å²) in [6.45, 7) is 4.80. The van der Waals surface area contributed by atoms with Crippen LogP contribution in [-0.2, 0) is 7.05 Å². The second kappa shape index (κ2) is 7.53. The van der Waals surface area contributed by atoms with Gasteiger partial charge in [-0.3, -0.25) is 19.5 Å². The van der Waals surface area contributed by atoms with Crippen LogP contribution >= 0.6 is 0 Å². The Labute approximate surface area is 150 Å². The first-order valence-corrected chi connectivity index (χ1v) is 8.72. The Balaban J connectivity index is 1.61. The van der Waals surface area contributed by atoms with Gasteiger partial charge < -0.3 is 5.32 Å². The van der Waals surface area contributed by atoms with Crippen molar-refractivity contribution in [2.45, 2.75) is 39.2 Å². The topological polar surface area (TPSA) is 78.8 Å². The quantitative estimate of drug-likeness (QED) is 0.847. The number of aromatic amines is 1. The molecule has 9 heteroatoms. The smallest absolute Gasteiger partial charge is 0.269 e. The summed E-state index contributed by atoms with van der Waals surface area (Å²) in [6, 6.07) is 1.71. The summed E-state index contributed by atoms with van der Waals surface area (Å²) in [5.74, 6) is -0.227. The number of nitrogens with one attached hydrogen (secondary N) is 2. The molecule has 0 aromatic carbocycles. The highest BCUT2D eigenvalue weighted by Gasteiger charge is 2.24. The molecule has 1 amide bonds. The van der Waals surface area contributed by atoms with Gasteiger partial charge >= 0.3 is 0 Å². The Hall–Kier alpha value is -2.29. The monoisotopic (exact) mass is 366 g/mol. The third-order valence-corrected chi connectivity index (χ3v) is 4.91. The predicted molar refractivity (Wildman–Crippen MR) is 93.2 cm³/mol. The molecule has 142 valence electrons. The number of aromatic nitrogens is 4. The molecule has 1 aliphatic rings. The standard InChI is InChI=1S/C17H24F2N6O/c1-10-16(11(2)24(3)23-10)13-8-14(22-21-13)17(26)20-12-4-6-25(7-5-12)9-15(18)19/h8,12,15H,4-7,9H2,1-3H3,(H,20,26)(H,21,22). The summed E-state index contributed by atoms with van der Waals surface area (Å²) in [5, 5.41) is 14.4. The van der Waals surface area contributed by atoms with Crippen molar-refractivity contribution in [3.05, 3.63) is 23.1 Å². The fourth-order valence-electron chi connectivity index (χ4n) is 3.43. The van der Waals surface area contributed by atoms with Gasteiger partial charge in [-0.05, 0) is 32.8 Å². The van der Waals surface area contributed by atoms with E-state index in [0.29, 0.717) is 37.3 Å². The number of piperidine rings is 1. The molecule has 1 fully saturated rings. The summed E-state index contributed by atoms with van der Waals surface area (Å²) >= 11 is 0. The van der Waals surface area contributed by atoms with Crippen LogP contribution in [0.3, 0.4) is 0 Å². The number of alkyl halides is 2. The molecule has 2 N–H and O–H groups in total. The molecule has 26 heavy (non-hydrogen) atoms. The molecule has 3 heterocycles. The van der Waals surface area contributed by atoms with Gasteiger partial charge in [-0.1, -0.05) is 0 Å². The van der Waals surface area contributed by atoms with Gasteiger partial charge in [0.15, 0.2) is 0 Å². The molecule has 2 aromatic rings. The number of carbonyl (C=O) groups excluding carboxylic acids is 1. The molecular formula is C17H24F2N6O. The van der Waals surface area contributed by atoms with Crippen LogP contribution in [0.25, 0.3) is 11.3 Å². The van der Waals surface area contributed by atoms with Crippen molar-refractivity contribution >= 4 is 5.91 Å². The van der Waals surface area contributed by atoms with Crippen LogP contribution < -0.4 is 5.32 Å². The first kappa shape index (κ1) is 18.5. The molecule has 0 unspecified atom stereocenters. The molecule has 2 aromatic heterocycles. The summed E-state index contributed by atoms with van der Waals surface area (Å²) in [5.41, 5.74) is 3.83.